The summed E-state index contributed by atoms with van der Waals surface area (Å²) >= 11 is 6.08. The number of nitrogens with one attached hydrogen (secondary N) is 1. The van der Waals surface area contributed by atoms with Crippen molar-refractivity contribution in [1.82, 2.24) is 9.97 Å². The van der Waals surface area contributed by atoms with Gasteiger partial charge in [-0.1, -0.05) is 23.7 Å². The van der Waals surface area contributed by atoms with Crippen molar-refractivity contribution in [3.8, 4) is 22.9 Å². The smallest absolute Gasteiger partial charge is 0.338 e. The third-order valence-electron chi connectivity index (χ3n) is 5.19. The van der Waals surface area contributed by atoms with Crippen LogP contribution in [-0.4, -0.2) is 27.9 Å². The topological polar surface area (TPSA) is 107 Å². The second-order valence-corrected chi connectivity index (χ2v) is 8.00. The van der Waals surface area contributed by atoms with E-state index in [0.717, 1.165) is 0 Å². The van der Waals surface area contributed by atoms with Crippen LogP contribution in [0.1, 0.15) is 17.3 Å². The summed E-state index contributed by atoms with van der Waals surface area (Å²) in [6.07, 6.45) is 2.03. The number of anilines is 1. The first-order valence-corrected chi connectivity index (χ1v) is 11.0. The predicted molar refractivity (Wildman–Crippen MR) is 130 cm³/mol. The Kier molecular flexibility index (Phi) is 6.03. The number of hydrogen-bond acceptors (Lipinski definition) is 7. The SMILES string of the molecule is CC(OC(=O)c1ccc2nc(-c3ccco3)c(-c3ccco3)nc2c1)C(=O)Nc1ccccc1Cl. The molecule has 35 heavy (non-hydrogen) atoms. The van der Waals surface area contributed by atoms with Crippen LogP contribution >= 0.6 is 11.6 Å². The van der Waals surface area contributed by atoms with E-state index in [1.807, 2.05) is 0 Å². The van der Waals surface area contributed by atoms with Crippen molar-refractivity contribution in [2.24, 2.45) is 0 Å². The Morgan fingerprint density at radius 2 is 1.54 bits per heavy atom. The average Bonchev–Trinajstić information content (AvgIpc) is 3.59. The van der Waals surface area contributed by atoms with Crippen molar-refractivity contribution >= 4 is 40.2 Å². The molecular weight excluding hydrogens is 470 g/mol. The van der Waals surface area contributed by atoms with E-state index in [4.69, 9.17) is 25.2 Å². The van der Waals surface area contributed by atoms with Gasteiger partial charge in [-0.2, -0.15) is 0 Å². The van der Waals surface area contributed by atoms with Crippen LogP contribution in [0.2, 0.25) is 5.02 Å². The lowest BCUT2D eigenvalue weighted by molar-refractivity contribution is -0.123. The molecule has 8 nitrogen and oxygen atoms in total. The molecule has 0 aliphatic rings. The van der Waals surface area contributed by atoms with Crippen LogP contribution in [0.3, 0.4) is 0 Å². The van der Waals surface area contributed by atoms with Gasteiger partial charge in [-0.25, -0.2) is 14.8 Å². The predicted octanol–water partition coefficient (Wildman–Crippen LogP) is 5.99. The molecule has 5 aromatic rings. The van der Waals surface area contributed by atoms with Gasteiger partial charge in [0.15, 0.2) is 17.6 Å². The molecule has 0 spiro atoms. The molecule has 0 saturated carbocycles. The van der Waals surface area contributed by atoms with E-state index >= 15 is 0 Å². The Bertz CT molecular complexity index is 1510. The number of amides is 1. The summed E-state index contributed by atoms with van der Waals surface area (Å²) in [4.78, 5) is 34.6. The molecule has 0 radical (unpaired) electrons. The van der Waals surface area contributed by atoms with Gasteiger partial charge >= 0.3 is 5.97 Å². The molecule has 174 valence electrons. The zero-order chi connectivity index (χ0) is 24.4. The molecule has 1 amide bonds. The first-order chi connectivity index (χ1) is 17.0. The third kappa shape index (κ3) is 4.64. The molecule has 0 aliphatic heterocycles. The zero-order valence-corrected chi connectivity index (χ0v) is 19.2. The van der Waals surface area contributed by atoms with E-state index < -0.39 is 18.0 Å². The van der Waals surface area contributed by atoms with Gasteiger partial charge in [0.25, 0.3) is 5.91 Å². The molecule has 1 atom stereocenters. The van der Waals surface area contributed by atoms with Gasteiger partial charge in [0.2, 0.25) is 0 Å². The minimum Gasteiger partial charge on any atom is -0.463 e. The van der Waals surface area contributed by atoms with Gasteiger partial charge in [0, 0.05) is 0 Å². The maximum Gasteiger partial charge on any atom is 0.338 e. The summed E-state index contributed by atoms with van der Waals surface area (Å²) in [6.45, 7) is 1.48. The molecule has 9 heteroatoms. The van der Waals surface area contributed by atoms with Crippen LogP contribution in [0.4, 0.5) is 5.69 Å². The molecule has 5 rings (SSSR count). The van der Waals surface area contributed by atoms with E-state index in [1.54, 1.807) is 73.0 Å². The molecule has 0 fully saturated rings. The molecule has 0 aliphatic carbocycles. The number of carbonyl (C=O) groups excluding carboxylic acids is 2. The quantitative estimate of drug-likeness (QED) is 0.293. The summed E-state index contributed by atoms with van der Waals surface area (Å²) in [5.41, 5.74) is 2.64. The summed E-state index contributed by atoms with van der Waals surface area (Å²) < 4.78 is 16.4. The lowest BCUT2D eigenvalue weighted by atomic mass is 10.1. The molecule has 1 N–H and O–H groups in total. The number of halogens is 1. The van der Waals surface area contributed by atoms with Gasteiger partial charge in [-0.05, 0) is 61.5 Å². The number of nitrogens with zero attached hydrogens (tertiary/aromatic N) is 2. The fourth-order valence-corrected chi connectivity index (χ4v) is 3.61. The number of fused-ring (bicyclic) bond motifs is 1. The monoisotopic (exact) mass is 487 g/mol. The minimum absolute atomic E-state index is 0.223. The maximum atomic E-state index is 12.8. The molecule has 1 unspecified atom stereocenters. The number of hydrogen-bond donors (Lipinski definition) is 1. The number of ether oxygens (including phenoxy) is 1. The number of para-hydroxylation sites is 1. The summed E-state index contributed by atoms with van der Waals surface area (Å²) in [5.74, 6) is -0.142. The summed E-state index contributed by atoms with van der Waals surface area (Å²) in [5, 5.41) is 3.03. The number of aromatic nitrogens is 2. The number of furan rings is 2. The van der Waals surface area contributed by atoms with Gasteiger partial charge in [0.1, 0.15) is 11.4 Å². The second-order valence-electron chi connectivity index (χ2n) is 7.60. The fraction of sp³-hybridized carbons (Fsp3) is 0.0769. The summed E-state index contributed by atoms with van der Waals surface area (Å²) in [7, 11) is 0. The van der Waals surface area contributed by atoms with Gasteiger partial charge < -0.3 is 18.9 Å². The van der Waals surface area contributed by atoms with E-state index in [2.05, 4.69) is 15.3 Å². The van der Waals surface area contributed by atoms with Crippen molar-refractivity contribution < 1.29 is 23.2 Å². The Hall–Kier alpha value is -4.43. The van der Waals surface area contributed by atoms with Gasteiger partial charge in [-0.3, -0.25) is 4.79 Å². The molecular formula is C26H18ClN3O5. The number of rotatable bonds is 6. The van der Waals surface area contributed by atoms with Crippen molar-refractivity contribution in [3.63, 3.8) is 0 Å². The molecule has 0 bridgehead atoms. The van der Waals surface area contributed by atoms with Crippen LogP contribution in [-0.2, 0) is 9.53 Å². The van der Waals surface area contributed by atoms with Crippen LogP contribution in [0, 0.1) is 0 Å². The summed E-state index contributed by atoms with van der Waals surface area (Å²) in [6, 6.07) is 18.6. The highest BCUT2D eigenvalue weighted by molar-refractivity contribution is 6.33. The second kappa shape index (κ2) is 9.44. The Morgan fingerprint density at radius 3 is 2.17 bits per heavy atom. The highest BCUT2D eigenvalue weighted by Gasteiger charge is 2.22. The highest BCUT2D eigenvalue weighted by atomic mass is 35.5. The average molecular weight is 488 g/mol. The minimum atomic E-state index is -1.06. The largest absolute Gasteiger partial charge is 0.463 e. The van der Waals surface area contributed by atoms with Crippen LogP contribution in [0.5, 0.6) is 0 Å². The first-order valence-electron chi connectivity index (χ1n) is 10.7. The molecule has 3 heterocycles. The van der Waals surface area contributed by atoms with E-state index in [1.165, 1.54) is 13.2 Å². The number of esters is 1. The van der Waals surface area contributed by atoms with Gasteiger partial charge in [0.05, 0.1) is 39.8 Å². The van der Waals surface area contributed by atoms with E-state index in [9.17, 15) is 9.59 Å². The van der Waals surface area contributed by atoms with Crippen molar-refractivity contribution in [2.45, 2.75) is 13.0 Å². The fourth-order valence-electron chi connectivity index (χ4n) is 3.43. The first kappa shape index (κ1) is 22.4. The third-order valence-corrected chi connectivity index (χ3v) is 5.52. The standard InChI is InChI=1S/C26H18ClN3O5/c1-15(25(31)30-18-7-3-2-6-17(18)27)35-26(32)16-10-11-19-20(14-16)29-24(22-9-5-13-34-22)23(28-19)21-8-4-12-33-21/h2-15H,1H3,(H,30,31). The van der Waals surface area contributed by atoms with Crippen molar-refractivity contribution in [1.29, 1.82) is 0 Å². The Labute approximate surface area is 204 Å². The number of benzene rings is 2. The number of carbonyl (C=O) groups is 2. The van der Waals surface area contributed by atoms with E-state index in [-0.39, 0.29) is 5.56 Å². The van der Waals surface area contributed by atoms with Gasteiger partial charge in [-0.15, -0.1) is 0 Å². The molecule has 0 saturated heterocycles. The lowest BCUT2D eigenvalue weighted by Gasteiger charge is -2.14. The van der Waals surface area contributed by atoms with Crippen LogP contribution < -0.4 is 5.32 Å². The normalized spacial score (nSPS) is 11.8. The maximum absolute atomic E-state index is 12.8. The van der Waals surface area contributed by atoms with E-state index in [0.29, 0.717) is 44.7 Å². The van der Waals surface area contributed by atoms with Crippen molar-refractivity contribution in [2.75, 3.05) is 5.32 Å². The molecule has 2 aromatic carbocycles. The van der Waals surface area contributed by atoms with Crippen LogP contribution in [0.25, 0.3) is 33.9 Å². The Balaban J connectivity index is 1.41. The van der Waals surface area contributed by atoms with Crippen LogP contribution in [0.15, 0.2) is 88.1 Å². The zero-order valence-electron chi connectivity index (χ0n) is 18.4. The van der Waals surface area contributed by atoms with Crippen molar-refractivity contribution in [3.05, 3.63) is 89.8 Å². The molecule has 3 aromatic heterocycles. The highest BCUT2D eigenvalue weighted by Crippen LogP contribution is 2.31. The lowest BCUT2D eigenvalue weighted by Crippen LogP contribution is -2.30. The Morgan fingerprint density at radius 1 is 0.886 bits per heavy atom.